The molecule has 0 fully saturated rings. The number of rotatable bonds is 7. The second-order valence-electron chi connectivity index (χ2n) is 6.38. The minimum Gasteiger partial charge on any atom is -0.339 e. The zero-order valence-electron chi connectivity index (χ0n) is 14.8. The van der Waals surface area contributed by atoms with Gasteiger partial charge in [0, 0.05) is 34.8 Å². The van der Waals surface area contributed by atoms with Gasteiger partial charge in [0.25, 0.3) is 0 Å². The molecule has 4 N–H and O–H groups in total. The summed E-state index contributed by atoms with van der Waals surface area (Å²) in [5.74, 6) is 0. The van der Waals surface area contributed by atoms with Crippen LogP contribution in [0.3, 0.4) is 0 Å². The molecule has 0 aliphatic rings. The summed E-state index contributed by atoms with van der Waals surface area (Å²) in [6.45, 7) is 2.38. The van der Waals surface area contributed by atoms with Gasteiger partial charge in [0.1, 0.15) is 5.65 Å². The minimum absolute atomic E-state index is 0.296. The van der Waals surface area contributed by atoms with Gasteiger partial charge in [-0.15, -0.1) is 0 Å². The normalized spacial score (nSPS) is 11.3. The molecule has 7 heteroatoms. The van der Waals surface area contributed by atoms with E-state index in [2.05, 4.69) is 20.7 Å². The van der Waals surface area contributed by atoms with E-state index in [1.807, 2.05) is 48.0 Å². The molecule has 3 aromatic heterocycles. The Kier molecular flexibility index (Phi) is 5.15. The third-order valence-corrected chi connectivity index (χ3v) is 5.12. The van der Waals surface area contributed by atoms with Gasteiger partial charge < -0.3 is 16.0 Å². The summed E-state index contributed by atoms with van der Waals surface area (Å²) in [7, 11) is 0. The Morgan fingerprint density at radius 3 is 2.81 bits per heavy atom. The van der Waals surface area contributed by atoms with Crippen LogP contribution in [0, 0.1) is 0 Å². The average Bonchev–Trinajstić information content (AvgIpc) is 3.34. The quantitative estimate of drug-likeness (QED) is 0.431. The molecule has 0 aliphatic carbocycles. The number of thiophene rings is 1. The maximum atomic E-state index is 12.5. The molecule has 0 atom stereocenters. The van der Waals surface area contributed by atoms with Crippen LogP contribution in [0.25, 0.3) is 28.0 Å². The number of nitrogens with zero attached hydrogens (tertiary/aromatic N) is 2. The van der Waals surface area contributed by atoms with Crippen molar-refractivity contribution in [2.45, 2.75) is 13.0 Å². The van der Waals surface area contributed by atoms with E-state index in [1.165, 1.54) is 5.56 Å². The number of hydrogen-bond donors (Lipinski definition) is 3. The summed E-state index contributed by atoms with van der Waals surface area (Å²) in [6, 6.07) is 12.0. The molecule has 0 unspecified atom stereocenters. The van der Waals surface area contributed by atoms with Gasteiger partial charge in [0.2, 0.25) is 0 Å². The zero-order chi connectivity index (χ0) is 18.6. The lowest BCUT2D eigenvalue weighted by atomic mass is 10.2. The molecule has 4 aromatic rings. The number of fused-ring (bicyclic) bond motifs is 1. The highest BCUT2D eigenvalue weighted by atomic mass is 32.1. The van der Waals surface area contributed by atoms with Crippen molar-refractivity contribution in [2.75, 3.05) is 13.1 Å². The predicted molar refractivity (Wildman–Crippen MR) is 110 cm³/mol. The summed E-state index contributed by atoms with van der Waals surface area (Å²) in [4.78, 5) is 19.9. The third-order valence-electron chi connectivity index (χ3n) is 4.44. The first-order valence-corrected chi connectivity index (χ1v) is 9.84. The van der Waals surface area contributed by atoms with Crippen LogP contribution in [0.4, 0.5) is 0 Å². The van der Waals surface area contributed by atoms with E-state index in [1.54, 1.807) is 15.9 Å². The standard InChI is InChI=1S/C20H21N5OS/c21-7-1-8-22-11-14-2-4-17(5-3-14)25-12-16-10-18(15-6-9-27-13-15)23-19(16)24-20(25)26/h2-6,9-10,12-13,22H,1,7-8,11,21H2,(H,23,24,26). The Balaban J connectivity index is 1.59. The van der Waals surface area contributed by atoms with Gasteiger partial charge in [-0.25, -0.2) is 4.79 Å². The van der Waals surface area contributed by atoms with E-state index in [4.69, 9.17) is 5.73 Å². The van der Waals surface area contributed by atoms with Crippen LogP contribution in [0.15, 0.2) is 58.1 Å². The Bertz CT molecular complexity index is 1080. The van der Waals surface area contributed by atoms with Crippen LogP contribution in [0.1, 0.15) is 12.0 Å². The third kappa shape index (κ3) is 3.85. The van der Waals surface area contributed by atoms with Crippen LogP contribution in [0.5, 0.6) is 0 Å². The molecule has 0 aliphatic heterocycles. The van der Waals surface area contributed by atoms with Gasteiger partial charge in [0.15, 0.2) is 0 Å². The molecular formula is C20H21N5OS. The zero-order valence-corrected chi connectivity index (χ0v) is 15.6. The summed E-state index contributed by atoms with van der Waals surface area (Å²) in [5, 5.41) is 8.35. The molecule has 0 amide bonds. The van der Waals surface area contributed by atoms with E-state index in [0.29, 0.717) is 12.2 Å². The largest absolute Gasteiger partial charge is 0.354 e. The van der Waals surface area contributed by atoms with E-state index in [9.17, 15) is 4.79 Å². The highest BCUT2D eigenvalue weighted by molar-refractivity contribution is 7.08. The number of nitrogens with one attached hydrogen (secondary N) is 2. The Labute approximate surface area is 160 Å². The first-order chi connectivity index (χ1) is 13.2. The van der Waals surface area contributed by atoms with Crippen molar-refractivity contribution >= 4 is 22.4 Å². The maximum absolute atomic E-state index is 12.5. The van der Waals surface area contributed by atoms with Gasteiger partial charge >= 0.3 is 5.69 Å². The van der Waals surface area contributed by atoms with Crippen LogP contribution in [0.2, 0.25) is 0 Å². The van der Waals surface area contributed by atoms with Crippen LogP contribution in [-0.4, -0.2) is 27.6 Å². The fourth-order valence-corrected chi connectivity index (χ4v) is 3.64. The van der Waals surface area contributed by atoms with Gasteiger partial charge in [-0.05, 0) is 54.7 Å². The predicted octanol–water partition coefficient (Wildman–Crippen LogP) is 2.88. The van der Waals surface area contributed by atoms with Crippen molar-refractivity contribution in [3.05, 3.63) is 69.4 Å². The molecule has 27 heavy (non-hydrogen) atoms. The summed E-state index contributed by atoms with van der Waals surface area (Å²) >= 11 is 1.64. The van der Waals surface area contributed by atoms with Gasteiger partial charge in [-0.1, -0.05) is 12.1 Å². The Morgan fingerprint density at radius 1 is 1.22 bits per heavy atom. The SMILES string of the molecule is NCCCNCc1ccc(-n2cc3cc(-c4ccsc4)[nH]c3nc2=O)cc1. The minimum atomic E-state index is -0.296. The smallest absolute Gasteiger partial charge is 0.339 e. The monoisotopic (exact) mass is 379 g/mol. The van der Waals surface area contributed by atoms with Gasteiger partial charge in [0.05, 0.1) is 5.69 Å². The van der Waals surface area contributed by atoms with Crippen molar-refractivity contribution in [1.82, 2.24) is 19.9 Å². The molecule has 6 nitrogen and oxygen atoms in total. The molecule has 0 saturated heterocycles. The van der Waals surface area contributed by atoms with E-state index >= 15 is 0 Å². The van der Waals surface area contributed by atoms with Crippen LogP contribution in [-0.2, 0) is 6.54 Å². The van der Waals surface area contributed by atoms with Crippen LogP contribution < -0.4 is 16.7 Å². The topological polar surface area (TPSA) is 88.7 Å². The lowest BCUT2D eigenvalue weighted by Gasteiger charge is -2.07. The summed E-state index contributed by atoms with van der Waals surface area (Å²) < 4.78 is 1.58. The molecule has 4 rings (SSSR count). The Hall–Kier alpha value is -2.74. The lowest BCUT2D eigenvalue weighted by Crippen LogP contribution is -2.20. The molecule has 0 bridgehead atoms. The lowest BCUT2D eigenvalue weighted by molar-refractivity contribution is 0.655. The fourth-order valence-electron chi connectivity index (χ4n) is 2.99. The second kappa shape index (κ2) is 7.87. The van der Waals surface area contributed by atoms with Crippen molar-refractivity contribution < 1.29 is 0 Å². The first kappa shape index (κ1) is 17.7. The van der Waals surface area contributed by atoms with E-state index in [0.717, 1.165) is 41.8 Å². The highest BCUT2D eigenvalue weighted by Gasteiger charge is 2.09. The van der Waals surface area contributed by atoms with Crippen molar-refractivity contribution in [1.29, 1.82) is 0 Å². The van der Waals surface area contributed by atoms with Crippen molar-refractivity contribution in [3.8, 4) is 16.9 Å². The molecule has 0 spiro atoms. The number of nitrogens with two attached hydrogens (primary N) is 1. The summed E-state index contributed by atoms with van der Waals surface area (Å²) in [5.41, 5.74) is 9.85. The molecule has 138 valence electrons. The first-order valence-electron chi connectivity index (χ1n) is 8.90. The van der Waals surface area contributed by atoms with Crippen molar-refractivity contribution in [2.24, 2.45) is 5.73 Å². The number of aromatic amines is 1. The summed E-state index contributed by atoms with van der Waals surface area (Å²) in [6.07, 6.45) is 2.80. The van der Waals surface area contributed by atoms with E-state index < -0.39 is 0 Å². The number of benzene rings is 1. The molecule has 0 saturated carbocycles. The average molecular weight is 379 g/mol. The van der Waals surface area contributed by atoms with E-state index in [-0.39, 0.29) is 5.69 Å². The van der Waals surface area contributed by atoms with Crippen molar-refractivity contribution in [3.63, 3.8) is 0 Å². The second-order valence-corrected chi connectivity index (χ2v) is 7.16. The molecule has 0 radical (unpaired) electrons. The van der Waals surface area contributed by atoms with Gasteiger partial charge in [-0.3, -0.25) is 4.57 Å². The fraction of sp³-hybridized carbons (Fsp3) is 0.200. The Morgan fingerprint density at radius 2 is 2.07 bits per heavy atom. The molecule has 1 aromatic carbocycles. The highest BCUT2D eigenvalue weighted by Crippen LogP contribution is 2.24. The molecule has 3 heterocycles. The number of hydrogen-bond acceptors (Lipinski definition) is 5. The van der Waals surface area contributed by atoms with Crippen LogP contribution >= 0.6 is 11.3 Å². The molecular weight excluding hydrogens is 358 g/mol. The maximum Gasteiger partial charge on any atom is 0.354 e. The van der Waals surface area contributed by atoms with Gasteiger partial charge in [-0.2, -0.15) is 16.3 Å². The number of H-pyrrole nitrogens is 1. The number of aromatic nitrogens is 3.